The third-order valence-electron chi connectivity index (χ3n) is 4.58. The number of nitrogens with zero attached hydrogens (tertiary/aromatic N) is 2. The number of phenolic OH excluding ortho intramolecular Hbond substituents is 1. The molecule has 0 saturated carbocycles. The number of benzene rings is 2. The van der Waals surface area contributed by atoms with Crippen LogP contribution in [0, 0.1) is 0 Å². The zero-order chi connectivity index (χ0) is 18.2. The molecule has 3 N–H and O–H groups in total. The van der Waals surface area contributed by atoms with Crippen LogP contribution in [-0.4, -0.2) is 43.3 Å². The van der Waals surface area contributed by atoms with Crippen LogP contribution in [0.25, 0.3) is 0 Å². The molecule has 1 aliphatic rings. The SMILES string of the molecule is CCNC(=NCCc1cccc(O)c1)NC1CCN(c2ccccc2)C1. The second-order valence-corrected chi connectivity index (χ2v) is 6.59. The zero-order valence-corrected chi connectivity index (χ0v) is 15.4. The lowest BCUT2D eigenvalue weighted by atomic mass is 10.1. The summed E-state index contributed by atoms with van der Waals surface area (Å²) < 4.78 is 0. The van der Waals surface area contributed by atoms with E-state index in [-0.39, 0.29) is 0 Å². The molecule has 2 aromatic rings. The number of para-hydroxylation sites is 1. The second kappa shape index (κ2) is 9.13. The Morgan fingerprint density at radius 1 is 1.19 bits per heavy atom. The van der Waals surface area contributed by atoms with Crippen molar-refractivity contribution in [1.29, 1.82) is 0 Å². The van der Waals surface area contributed by atoms with Gasteiger partial charge in [-0.2, -0.15) is 0 Å². The van der Waals surface area contributed by atoms with Crippen LogP contribution in [-0.2, 0) is 6.42 Å². The van der Waals surface area contributed by atoms with Crippen LogP contribution in [0.1, 0.15) is 18.9 Å². The summed E-state index contributed by atoms with van der Waals surface area (Å²) in [6.45, 7) is 5.66. The normalized spacial score (nSPS) is 17.3. The van der Waals surface area contributed by atoms with E-state index in [2.05, 4.69) is 52.8 Å². The quantitative estimate of drug-likeness (QED) is 0.553. The van der Waals surface area contributed by atoms with E-state index in [0.29, 0.717) is 18.3 Å². The summed E-state index contributed by atoms with van der Waals surface area (Å²) in [6, 6.07) is 18.3. The largest absolute Gasteiger partial charge is 0.508 e. The molecule has 0 amide bonds. The van der Waals surface area contributed by atoms with Crippen LogP contribution in [0.2, 0.25) is 0 Å². The molecule has 138 valence electrons. The van der Waals surface area contributed by atoms with E-state index < -0.39 is 0 Å². The summed E-state index contributed by atoms with van der Waals surface area (Å²) in [5, 5.41) is 16.4. The molecule has 0 spiro atoms. The molecule has 3 rings (SSSR count). The highest BCUT2D eigenvalue weighted by Gasteiger charge is 2.23. The summed E-state index contributed by atoms with van der Waals surface area (Å²) in [5.41, 5.74) is 2.38. The zero-order valence-electron chi connectivity index (χ0n) is 15.4. The monoisotopic (exact) mass is 352 g/mol. The lowest BCUT2D eigenvalue weighted by Gasteiger charge is -2.20. The molecule has 1 heterocycles. The van der Waals surface area contributed by atoms with Gasteiger partial charge in [0.2, 0.25) is 0 Å². The van der Waals surface area contributed by atoms with Crippen molar-refractivity contribution < 1.29 is 5.11 Å². The Morgan fingerprint density at radius 3 is 2.81 bits per heavy atom. The maximum absolute atomic E-state index is 9.55. The average molecular weight is 352 g/mol. The number of hydrogen-bond donors (Lipinski definition) is 3. The molecule has 1 saturated heterocycles. The summed E-state index contributed by atoms with van der Waals surface area (Å²) in [5.74, 6) is 1.18. The smallest absolute Gasteiger partial charge is 0.191 e. The molecule has 1 aliphatic heterocycles. The van der Waals surface area contributed by atoms with Gasteiger partial charge in [0.15, 0.2) is 5.96 Å². The Hall–Kier alpha value is -2.69. The molecule has 2 aromatic carbocycles. The summed E-state index contributed by atoms with van der Waals surface area (Å²) >= 11 is 0. The van der Waals surface area contributed by atoms with E-state index in [9.17, 15) is 5.11 Å². The van der Waals surface area contributed by atoms with Crippen LogP contribution >= 0.6 is 0 Å². The Balaban J connectivity index is 1.53. The minimum atomic E-state index is 0.309. The van der Waals surface area contributed by atoms with Gasteiger partial charge in [-0.3, -0.25) is 4.99 Å². The summed E-state index contributed by atoms with van der Waals surface area (Å²) in [4.78, 5) is 7.10. The minimum absolute atomic E-state index is 0.309. The number of nitrogens with one attached hydrogen (secondary N) is 2. The average Bonchev–Trinajstić information content (AvgIpc) is 3.11. The van der Waals surface area contributed by atoms with Gasteiger partial charge in [0, 0.05) is 37.9 Å². The van der Waals surface area contributed by atoms with Crippen molar-refractivity contribution >= 4 is 11.6 Å². The third kappa shape index (κ3) is 5.15. The molecule has 0 radical (unpaired) electrons. The number of anilines is 1. The lowest BCUT2D eigenvalue weighted by molar-refractivity contribution is 0.474. The molecule has 1 atom stereocenters. The summed E-state index contributed by atoms with van der Waals surface area (Å²) in [6.07, 6.45) is 1.91. The maximum Gasteiger partial charge on any atom is 0.191 e. The van der Waals surface area contributed by atoms with Crippen molar-refractivity contribution in [2.75, 3.05) is 31.1 Å². The molecule has 5 heteroatoms. The Labute approximate surface area is 155 Å². The van der Waals surface area contributed by atoms with Gasteiger partial charge in [0.1, 0.15) is 5.75 Å². The number of hydrogen-bond acceptors (Lipinski definition) is 3. The molecule has 1 fully saturated rings. The number of aliphatic imine (C=N–C) groups is 1. The molecular weight excluding hydrogens is 324 g/mol. The highest BCUT2D eigenvalue weighted by atomic mass is 16.3. The van der Waals surface area contributed by atoms with Crippen LogP contribution in [0.3, 0.4) is 0 Å². The van der Waals surface area contributed by atoms with E-state index in [1.54, 1.807) is 12.1 Å². The van der Waals surface area contributed by atoms with Gasteiger partial charge in [-0.05, 0) is 49.6 Å². The summed E-state index contributed by atoms with van der Waals surface area (Å²) in [7, 11) is 0. The highest BCUT2D eigenvalue weighted by Crippen LogP contribution is 2.19. The number of aromatic hydroxyl groups is 1. The van der Waals surface area contributed by atoms with Crippen LogP contribution in [0.4, 0.5) is 5.69 Å². The van der Waals surface area contributed by atoms with Crippen LogP contribution < -0.4 is 15.5 Å². The lowest BCUT2D eigenvalue weighted by Crippen LogP contribution is -2.44. The fourth-order valence-electron chi connectivity index (χ4n) is 3.27. The van der Waals surface area contributed by atoms with Gasteiger partial charge in [-0.25, -0.2) is 0 Å². The van der Waals surface area contributed by atoms with E-state index in [0.717, 1.165) is 44.0 Å². The highest BCUT2D eigenvalue weighted by molar-refractivity contribution is 5.80. The first-order chi connectivity index (χ1) is 12.7. The molecule has 5 nitrogen and oxygen atoms in total. The molecular formula is C21H28N4O. The Morgan fingerprint density at radius 2 is 2.04 bits per heavy atom. The third-order valence-corrected chi connectivity index (χ3v) is 4.58. The van der Waals surface area contributed by atoms with Crippen LogP contribution in [0.15, 0.2) is 59.6 Å². The number of guanidine groups is 1. The van der Waals surface area contributed by atoms with Gasteiger partial charge >= 0.3 is 0 Å². The number of phenols is 1. The molecule has 0 bridgehead atoms. The molecule has 0 aromatic heterocycles. The van der Waals surface area contributed by atoms with Crippen molar-refractivity contribution in [2.24, 2.45) is 4.99 Å². The fraction of sp³-hybridized carbons (Fsp3) is 0.381. The van der Waals surface area contributed by atoms with Crippen molar-refractivity contribution in [2.45, 2.75) is 25.8 Å². The van der Waals surface area contributed by atoms with E-state index >= 15 is 0 Å². The van der Waals surface area contributed by atoms with Crippen molar-refractivity contribution in [3.8, 4) is 5.75 Å². The standard InChI is InChI=1S/C21H28N4O/c1-2-22-21(23-13-11-17-7-6-10-20(26)15-17)24-18-12-14-25(16-18)19-8-4-3-5-9-19/h3-10,15,18,26H,2,11-14,16H2,1H3,(H2,22,23,24). The van der Waals surface area contributed by atoms with Gasteiger partial charge in [0.05, 0.1) is 0 Å². The van der Waals surface area contributed by atoms with Gasteiger partial charge in [0.25, 0.3) is 0 Å². The molecule has 0 aliphatic carbocycles. The molecule has 1 unspecified atom stereocenters. The topological polar surface area (TPSA) is 59.9 Å². The van der Waals surface area contributed by atoms with Crippen molar-refractivity contribution in [1.82, 2.24) is 10.6 Å². The first-order valence-corrected chi connectivity index (χ1v) is 9.37. The van der Waals surface area contributed by atoms with Crippen molar-refractivity contribution in [3.63, 3.8) is 0 Å². The second-order valence-electron chi connectivity index (χ2n) is 6.59. The molecule has 26 heavy (non-hydrogen) atoms. The first-order valence-electron chi connectivity index (χ1n) is 9.37. The first kappa shape index (κ1) is 18.1. The maximum atomic E-state index is 9.55. The van der Waals surface area contributed by atoms with Crippen LogP contribution in [0.5, 0.6) is 5.75 Å². The Kier molecular flexibility index (Phi) is 6.36. The van der Waals surface area contributed by atoms with Gasteiger partial charge in [-0.15, -0.1) is 0 Å². The van der Waals surface area contributed by atoms with E-state index in [1.807, 2.05) is 12.1 Å². The number of rotatable bonds is 6. The minimum Gasteiger partial charge on any atom is -0.508 e. The van der Waals surface area contributed by atoms with Crippen molar-refractivity contribution in [3.05, 3.63) is 60.2 Å². The predicted octanol–water partition coefficient (Wildman–Crippen LogP) is 2.77. The Bertz CT molecular complexity index is 717. The van der Waals surface area contributed by atoms with E-state index in [1.165, 1.54) is 5.69 Å². The predicted molar refractivity (Wildman–Crippen MR) is 108 cm³/mol. The van der Waals surface area contributed by atoms with Gasteiger partial charge in [-0.1, -0.05) is 30.3 Å². The fourth-order valence-corrected chi connectivity index (χ4v) is 3.27. The van der Waals surface area contributed by atoms with Gasteiger partial charge < -0.3 is 20.6 Å². The van der Waals surface area contributed by atoms with E-state index in [4.69, 9.17) is 4.99 Å².